The van der Waals surface area contributed by atoms with Gasteiger partial charge >= 0.3 is 0 Å². The zero-order valence-corrected chi connectivity index (χ0v) is 17.7. The molecule has 2 fully saturated rings. The number of aryl methyl sites for hydroxylation is 1. The van der Waals surface area contributed by atoms with Crippen molar-refractivity contribution in [2.75, 3.05) is 29.9 Å². The first kappa shape index (κ1) is 18.6. The van der Waals surface area contributed by atoms with Crippen molar-refractivity contribution in [3.63, 3.8) is 0 Å². The van der Waals surface area contributed by atoms with Crippen molar-refractivity contribution in [1.82, 2.24) is 24.7 Å². The average Bonchev–Trinajstić information content (AvgIpc) is 3.42. The highest BCUT2D eigenvalue weighted by molar-refractivity contribution is 7.20. The van der Waals surface area contributed by atoms with Gasteiger partial charge in [0.15, 0.2) is 16.5 Å². The van der Waals surface area contributed by atoms with Gasteiger partial charge in [-0.3, -0.25) is 4.79 Å². The maximum atomic E-state index is 14.3. The lowest BCUT2D eigenvalue weighted by Crippen LogP contribution is -2.58. The lowest BCUT2D eigenvalue weighted by atomic mass is 9.87. The van der Waals surface area contributed by atoms with E-state index in [-0.39, 0.29) is 17.1 Å². The van der Waals surface area contributed by atoms with E-state index >= 15 is 0 Å². The zero-order chi connectivity index (χ0) is 21.2. The second-order valence-electron chi connectivity index (χ2n) is 8.29. The van der Waals surface area contributed by atoms with Crippen LogP contribution in [0.3, 0.4) is 0 Å². The van der Waals surface area contributed by atoms with Crippen molar-refractivity contribution in [3.8, 4) is 0 Å². The van der Waals surface area contributed by atoms with E-state index in [2.05, 4.69) is 25.5 Å². The van der Waals surface area contributed by atoms with E-state index in [4.69, 9.17) is 4.98 Å². The summed E-state index contributed by atoms with van der Waals surface area (Å²) in [6.07, 6.45) is 5.68. The molecule has 6 rings (SSSR count). The molecule has 0 radical (unpaired) electrons. The third kappa shape index (κ3) is 3.14. The van der Waals surface area contributed by atoms with Gasteiger partial charge in [0.1, 0.15) is 16.2 Å². The molecular formula is C21H20FN7OS. The van der Waals surface area contributed by atoms with Gasteiger partial charge in [0.25, 0.3) is 5.91 Å². The predicted molar refractivity (Wildman–Crippen MR) is 117 cm³/mol. The molecular weight excluding hydrogens is 417 g/mol. The summed E-state index contributed by atoms with van der Waals surface area (Å²) in [5, 5.41) is 6.57. The van der Waals surface area contributed by atoms with Gasteiger partial charge in [-0.2, -0.15) is 0 Å². The van der Waals surface area contributed by atoms with Crippen molar-refractivity contribution in [1.29, 1.82) is 0 Å². The van der Waals surface area contributed by atoms with Crippen LogP contribution in [0.4, 0.5) is 15.9 Å². The van der Waals surface area contributed by atoms with Gasteiger partial charge in [-0.1, -0.05) is 11.3 Å². The lowest BCUT2D eigenvalue weighted by Gasteiger charge is -2.39. The Balaban J connectivity index is 1.24. The fraction of sp³-hybridized carbons (Fsp3) is 0.333. The van der Waals surface area contributed by atoms with Crippen molar-refractivity contribution < 1.29 is 9.18 Å². The van der Waals surface area contributed by atoms with Crippen LogP contribution in [0.15, 0.2) is 30.6 Å². The van der Waals surface area contributed by atoms with Gasteiger partial charge in [-0.25, -0.2) is 19.3 Å². The number of carbonyl (C=O) groups excluding carboxylic acids is 1. The van der Waals surface area contributed by atoms with Gasteiger partial charge < -0.3 is 19.9 Å². The number of halogens is 1. The molecule has 2 saturated heterocycles. The molecule has 1 amide bonds. The Kier molecular flexibility index (Phi) is 4.03. The van der Waals surface area contributed by atoms with Crippen LogP contribution in [0.25, 0.3) is 16.0 Å². The van der Waals surface area contributed by atoms with Crippen LogP contribution in [0, 0.1) is 12.7 Å². The van der Waals surface area contributed by atoms with Crippen LogP contribution >= 0.6 is 11.3 Å². The van der Waals surface area contributed by atoms with E-state index in [0.29, 0.717) is 21.9 Å². The molecule has 0 aliphatic carbocycles. The highest BCUT2D eigenvalue weighted by atomic mass is 32.1. The molecule has 10 heteroatoms. The highest BCUT2D eigenvalue weighted by Crippen LogP contribution is 2.33. The number of hydrogen-bond acceptors (Lipinski definition) is 7. The minimum absolute atomic E-state index is 0.230. The van der Waals surface area contributed by atoms with Gasteiger partial charge in [0.05, 0.1) is 11.4 Å². The number of anilines is 2. The zero-order valence-electron chi connectivity index (χ0n) is 16.9. The quantitative estimate of drug-likeness (QED) is 0.512. The normalized spacial score (nSPS) is 20.6. The van der Waals surface area contributed by atoms with E-state index in [1.807, 2.05) is 12.1 Å². The summed E-state index contributed by atoms with van der Waals surface area (Å²) < 4.78 is 15.9. The largest absolute Gasteiger partial charge is 0.355 e. The highest BCUT2D eigenvalue weighted by Gasteiger charge is 2.42. The van der Waals surface area contributed by atoms with E-state index < -0.39 is 5.82 Å². The number of amides is 1. The van der Waals surface area contributed by atoms with Gasteiger partial charge in [-0.15, -0.1) is 0 Å². The van der Waals surface area contributed by atoms with E-state index in [9.17, 15) is 9.18 Å². The van der Waals surface area contributed by atoms with Crippen LogP contribution in [0.1, 0.15) is 28.3 Å². The molecule has 4 aromatic heterocycles. The number of pyridine rings is 2. The second-order valence-corrected chi connectivity index (χ2v) is 9.26. The molecule has 1 atom stereocenters. The molecule has 158 valence electrons. The molecule has 0 bridgehead atoms. The van der Waals surface area contributed by atoms with Crippen molar-refractivity contribution in [2.24, 2.45) is 0 Å². The number of aromatic nitrogens is 4. The minimum atomic E-state index is -0.495. The first-order chi connectivity index (χ1) is 15.0. The second kappa shape index (κ2) is 6.69. The van der Waals surface area contributed by atoms with Crippen LogP contribution in [0.5, 0.6) is 0 Å². The topological polar surface area (TPSA) is 87.5 Å². The Morgan fingerprint density at radius 3 is 2.90 bits per heavy atom. The van der Waals surface area contributed by atoms with Crippen LogP contribution in [-0.2, 0) is 0 Å². The predicted octanol–water partition coefficient (Wildman–Crippen LogP) is 2.98. The Bertz CT molecular complexity index is 1340. The fourth-order valence-corrected chi connectivity index (χ4v) is 5.24. The molecule has 1 spiro atoms. The third-order valence-electron chi connectivity index (χ3n) is 6.10. The molecule has 0 saturated carbocycles. The van der Waals surface area contributed by atoms with Gasteiger partial charge in [-0.05, 0) is 38.4 Å². The molecule has 4 aromatic rings. The number of fused-ring (bicyclic) bond motifs is 2. The number of hydrogen-bond donors (Lipinski definition) is 2. The van der Waals surface area contributed by atoms with Crippen molar-refractivity contribution in [2.45, 2.75) is 25.3 Å². The number of imidazole rings is 1. The van der Waals surface area contributed by atoms with Gasteiger partial charge in [0, 0.05) is 37.1 Å². The van der Waals surface area contributed by atoms with Crippen LogP contribution in [-0.4, -0.2) is 50.4 Å². The third-order valence-corrected chi connectivity index (χ3v) is 7.06. The van der Waals surface area contributed by atoms with Crippen LogP contribution in [0.2, 0.25) is 0 Å². The summed E-state index contributed by atoms with van der Waals surface area (Å²) in [4.78, 5) is 29.1. The number of nitrogens with one attached hydrogen (secondary N) is 2. The Labute approximate surface area is 181 Å². The maximum absolute atomic E-state index is 14.3. The first-order valence-electron chi connectivity index (χ1n) is 10.2. The lowest BCUT2D eigenvalue weighted by molar-refractivity contribution is 0.102. The van der Waals surface area contributed by atoms with Gasteiger partial charge in [0.2, 0.25) is 0 Å². The Morgan fingerprint density at radius 1 is 1.26 bits per heavy atom. The van der Waals surface area contributed by atoms with E-state index in [1.54, 1.807) is 23.7 Å². The SMILES string of the molecule is Cc1cn2cc(NC(=O)c3nc4ccc(N5CCC6(CCN6)C5)nc4s3)cc(F)c2n1. The fourth-order valence-electron chi connectivity index (χ4n) is 4.41. The molecule has 2 N–H and O–H groups in total. The smallest absolute Gasteiger partial charge is 0.284 e. The molecule has 8 nitrogen and oxygen atoms in total. The van der Waals surface area contributed by atoms with E-state index in [0.717, 1.165) is 36.7 Å². The molecule has 2 aliphatic rings. The van der Waals surface area contributed by atoms with Crippen LogP contribution < -0.4 is 15.5 Å². The summed E-state index contributed by atoms with van der Waals surface area (Å²) in [5.74, 6) is 0.0291. The summed E-state index contributed by atoms with van der Waals surface area (Å²) in [6, 6.07) is 5.14. The average molecular weight is 438 g/mol. The summed E-state index contributed by atoms with van der Waals surface area (Å²) in [5.41, 5.74) is 2.21. The Morgan fingerprint density at radius 2 is 2.13 bits per heavy atom. The Hall–Kier alpha value is -3.11. The van der Waals surface area contributed by atoms with Crippen molar-refractivity contribution >= 4 is 44.7 Å². The molecule has 6 heterocycles. The number of thiazole rings is 1. The molecule has 2 aliphatic heterocycles. The number of carbonyl (C=O) groups is 1. The maximum Gasteiger partial charge on any atom is 0.284 e. The number of rotatable bonds is 3. The summed E-state index contributed by atoms with van der Waals surface area (Å²) in [6.45, 7) is 4.81. The summed E-state index contributed by atoms with van der Waals surface area (Å²) in [7, 11) is 0. The number of nitrogens with zero attached hydrogens (tertiary/aromatic N) is 5. The minimum Gasteiger partial charge on any atom is -0.355 e. The van der Waals surface area contributed by atoms with Crippen molar-refractivity contribution in [3.05, 3.63) is 47.1 Å². The monoisotopic (exact) mass is 437 g/mol. The standard InChI is InChI=1S/C21H20FN7OS/c1-12-9-29-10-13(8-14(22)17(29)24-12)25-18(30)20-26-15-2-3-16(27-19(15)31-20)28-7-5-21(11-28)4-6-23-21/h2-3,8-10,23H,4-7,11H2,1H3,(H,25,30). The molecule has 0 aromatic carbocycles. The molecule has 31 heavy (non-hydrogen) atoms. The first-order valence-corrected chi connectivity index (χ1v) is 11.0. The van der Waals surface area contributed by atoms with E-state index in [1.165, 1.54) is 23.8 Å². The molecule has 1 unspecified atom stereocenters. The summed E-state index contributed by atoms with van der Waals surface area (Å²) >= 11 is 1.24.